The van der Waals surface area contributed by atoms with Crippen LogP contribution in [0.25, 0.3) is 0 Å². The highest BCUT2D eigenvalue weighted by Crippen LogP contribution is 2.25. The first-order valence-corrected chi connectivity index (χ1v) is 7.91. The second-order valence-electron chi connectivity index (χ2n) is 5.76. The van der Waals surface area contributed by atoms with Crippen LogP contribution in [-0.4, -0.2) is 25.2 Å². The standard InChI is InChI=1S/C16H22BrNO2/c1-10(2)15(16(19)20-3)18-14-7-5-11-8-13(17)6-4-12(11)9-14/h4,6,8,10,14-15,18H,5,7,9H2,1-3H3/t14?,15-/m0/s1. The zero-order valence-electron chi connectivity index (χ0n) is 12.3. The monoisotopic (exact) mass is 339 g/mol. The Labute approximate surface area is 129 Å². The molecule has 1 aliphatic rings. The lowest BCUT2D eigenvalue weighted by Gasteiger charge is -2.30. The van der Waals surface area contributed by atoms with Crippen LogP contribution >= 0.6 is 15.9 Å². The van der Waals surface area contributed by atoms with Crippen molar-refractivity contribution in [3.8, 4) is 0 Å². The zero-order valence-corrected chi connectivity index (χ0v) is 13.9. The Balaban J connectivity index is 2.05. The lowest BCUT2D eigenvalue weighted by molar-refractivity contribution is -0.144. The van der Waals surface area contributed by atoms with Gasteiger partial charge in [0.25, 0.3) is 0 Å². The molecule has 0 amide bonds. The summed E-state index contributed by atoms with van der Waals surface area (Å²) >= 11 is 3.52. The normalized spacial score (nSPS) is 19.6. The Bertz CT molecular complexity index is 487. The number of rotatable bonds is 4. The molecule has 0 spiro atoms. The van der Waals surface area contributed by atoms with Gasteiger partial charge in [-0.15, -0.1) is 0 Å². The maximum Gasteiger partial charge on any atom is 0.323 e. The van der Waals surface area contributed by atoms with E-state index >= 15 is 0 Å². The van der Waals surface area contributed by atoms with E-state index in [4.69, 9.17) is 4.74 Å². The third-order valence-corrected chi connectivity index (χ3v) is 4.43. The van der Waals surface area contributed by atoms with Crippen molar-refractivity contribution in [2.75, 3.05) is 7.11 Å². The third kappa shape index (κ3) is 3.61. The van der Waals surface area contributed by atoms with Gasteiger partial charge in [-0.25, -0.2) is 0 Å². The molecule has 1 aliphatic carbocycles. The fraction of sp³-hybridized carbons (Fsp3) is 0.562. The zero-order chi connectivity index (χ0) is 14.7. The van der Waals surface area contributed by atoms with Crippen molar-refractivity contribution in [2.45, 2.75) is 45.2 Å². The molecule has 110 valence electrons. The minimum atomic E-state index is -0.220. The first kappa shape index (κ1) is 15.5. The molecule has 0 aromatic heterocycles. The topological polar surface area (TPSA) is 38.3 Å². The molecular weight excluding hydrogens is 318 g/mol. The highest BCUT2D eigenvalue weighted by atomic mass is 79.9. The Kier molecular flexibility index (Phi) is 5.22. The Morgan fingerprint density at radius 1 is 1.40 bits per heavy atom. The van der Waals surface area contributed by atoms with E-state index in [9.17, 15) is 4.79 Å². The van der Waals surface area contributed by atoms with Gasteiger partial charge < -0.3 is 10.1 Å². The van der Waals surface area contributed by atoms with Gasteiger partial charge in [-0.1, -0.05) is 35.8 Å². The molecule has 3 nitrogen and oxygen atoms in total. The van der Waals surface area contributed by atoms with Gasteiger partial charge in [-0.3, -0.25) is 4.79 Å². The second kappa shape index (κ2) is 6.72. The summed E-state index contributed by atoms with van der Waals surface area (Å²) in [6, 6.07) is 6.58. The third-order valence-electron chi connectivity index (χ3n) is 3.93. The number of benzene rings is 1. The summed E-state index contributed by atoms with van der Waals surface area (Å²) in [5.74, 6) is 0.0652. The fourth-order valence-electron chi connectivity index (χ4n) is 2.78. The van der Waals surface area contributed by atoms with E-state index in [0.29, 0.717) is 6.04 Å². The summed E-state index contributed by atoms with van der Waals surface area (Å²) in [5, 5.41) is 3.48. The van der Waals surface area contributed by atoms with E-state index in [0.717, 1.165) is 23.7 Å². The minimum absolute atomic E-state index is 0.165. The summed E-state index contributed by atoms with van der Waals surface area (Å²) in [6.45, 7) is 4.09. The van der Waals surface area contributed by atoms with E-state index in [1.165, 1.54) is 18.2 Å². The van der Waals surface area contributed by atoms with Crippen LogP contribution in [0.15, 0.2) is 22.7 Å². The number of esters is 1. The van der Waals surface area contributed by atoms with E-state index in [1.807, 2.05) is 13.8 Å². The molecular formula is C16H22BrNO2. The maximum atomic E-state index is 11.8. The van der Waals surface area contributed by atoms with Crippen LogP contribution in [0.1, 0.15) is 31.4 Å². The molecule has 1 aromatic rings. The van der Waals surface area contributed by atoms with Crippen LogP contribution in [0.2, 0.25) is 0 Å². The second-order valence-corrected chi connectivity index (χ2v) is 6.68. The number of hydrogen-bond acceptors (Lipinski definition) is 3. The van der Waals surface area contributed by atoms with Crippen LogP contribution in [0.4, 0.5) is 0 Å². The van der Waals surface area contributed by atoms with Crippen molar-refractivity contribution >= 4 is 21.9 Å². The number of nitrogens with one attached hydrogen (secondary N) is 1. The molecule has 0 saturated heterocycles. The number of methoxy groups -OCH3 is 1. The molecule has 1 N–H and O–H groups in total. The number of ether oxygens (including phenoxy) is 1. The molecule has 1 aromatic carbocycles. The van der Waals surface area contributed by atoms with E-state index in [1.54, 1.807) is 0 Å². The summed E-state index contributed by atoms with van der Waals surface area (Å²) < 4.78 is 6.03. The van der Waals surface area contributed by atoms with Gasteiger partial charge in [0.05, 0.1) is 7.11 Å². The predicted molar refractivity (Wildman–Crippen MR) is 83.7 cm³/mol. The van der Waals surface area contributed by atoms with Gasteiger partial charge >= 0.3 is 5.97 Å². The van der Waals surface area contributed by atoms with Crippen molar-refractivity contribution in [1.82, 2.24) is 5.32 Å². The molecule has 0 fully saturated rings. The Morgan fingerprint density at radius 2 is 2.15 bits per heavy atom. The van der Waals surface area contributed by atoms with Crippen LogP contribution < -0.4 is 5.32 Å². The smallest absolute Gasteiger partial charge is 0.323 e. The first-order valence-electron chi connectivity index (χ1n) is 7.12. The molecule has 2 atom stereocenters. The van der Waals surface area contributed by atoms with Gasteiger partial charge in [0.15, 0.2) is 0 Å². The Morgan fingerprint density at radius 3 is 2.80 bits per heavy atom. The van der Waals surface area contributed by atoms with Gasteiger partial charge in [0, 0.05) is 10.5 Å². The maximum absolute atomic E-state index is 11.8. The number of aryl methyl sites for hydroxylation is 1. The van der Waals surface area contributed by atoms with Gasteiger partial charge in [0.1, 0.15) is 6.04 Å². The summed E-state index contributed by atoms with van der Waals surface area (Å²) in [4.78, 5) is 11.8. The van der Waals surface area contributed by atoms with E-state index in [2.05, 4.69) is 39.4 Å². The van der Waals surface area contributed by atoms with Gasteiger partial charge in [-0.2, -0.15) is 0 Å². The summed E-state index contributed by atoms with van der Waals surface area (Å²) in [7, 11) is 1.45. The Hall–Kier alpha value is -0.870. The van der Waals surface area contributed by atoms with Gasteiger partial charge in [0.2, 0.25) is 0 Å². The lowest BCUT2D eigenvalue weighted by atomic mass is 9.87. The van der Waals surface area contributed by atoms with Crippen LogP contribution in [0.3, 0.4) is 0 Å². The largest absolute Gasteiger partial charge is 0.468 e. The minimum Gasteiger partial charge on any atom is -0.468 e. The van der Waals surface area contributed by atoms with Crippen molar-refractivity contribution < 1.29 is 9.53 Å². The number of carbonyl (C=O) groups excluding carboxylic acids is 1. The van der Waals surface area contributed by atoms with E-state index in [-0.39, 0.29) is 17.9 Å². The van der Waals surface area contributed by atoms with Crippen LogP contribution in [0, 0.1) is 5.92 Å². The molecule has 0 bridgehead atoms. The average molecular weight is 340 g/mol. The predicted octanol–water partition coefficient (Wildman–Crippen LogP) is 3.09. The molecule has 0 heterocycles. The van der Waals surface area contributed by atoms with Crippen LogP contribution in [-0.2, 0) is 22.4 Å². The molecule has 0 radical (unpaired) electrons. The number of fused-ring (bicyclic) bond motifs is 1. The average Bonchev–Trinajstić information content (AvgIpc) is 2.43. The highest BCUT2D eigenvalue weighted by Gasteiger charge is 2.27. The summed E-state index contributed by atoms with van der Waals surface area (Å²) in [6.07, 6.45) is 3.09. The SMILES string of the molecule is COC(=O)[C@@H](NC1CCc2cc(Br)ccc2C1)C(C)C. The molecule has 20 heavy (non-hydrogen) atoms. The first-order chi connectivity index (χ1) is 9.51. The molecule has 0 saturated carbocycles. The fourth-order valence-corrected chi connectivity index (χ4v) is 3.19. The quantitative estimate of drug-likeness (QED) is 0.856. The summed E-state index contributed by atoms with van der Waals surface area (Å²) in [5.41, 5.74) is 2.79. The van der Waals surface area contributed by atoms with Gasteiger partial charge in [-0.05, 0) is 48.4 Å². The molecule has 1 unspecified atom stereocenters. The van der Waals surface area contributed by atoms with E-state index < -0.39 is 0 Å². The van der Waals surface area contributed by atoms with Crippen molar-refractivity contribution in [1.29, 1.82) is 0 Å². The van der Waals surface area contributed by atoms with Crippen molar-refractivity contribution in [3.05, 3.63) is 33.8 Å². The highest BCUT2D eigenvalue weighted by molar-refractivity contribution is 9.10. The lowest BCUT2D eigenvalue weighted by Crippen LogP contribution is -2.48. The van der Waals surface area contributed by atoms with Crippen molar-refractivity contribution in [3.63, 3.8) is 0 Å². The molecule has 0 aliphatic heterocycles. The number of carbonyl (C=O) groups is 1. The van der Waals surface area contributed by atoms with Crippen molar-refractivity contribution in [2.24, 2.45) is 5.92 Å². The molecule has 4 heteroatoms. The van der Waals surface area contributed by atoms with Crippen LogP contribution in [0.5, 0.6) is 0 Å². The number of halogens is 1. The number of hydrogen-bond donors (Lipinski definition) is 1. The molecule has 2 rings (SSSR count).